The molecule has 14 aromatic rings. The Bertz CT molecular complexity index is 4260. The lowest BCUT2D eigenvalue weighted by Gasteiger charge is -2.12. The molecule has 302 valence electrons. The lowest BCUT2D eigenvalue weighted by atomic mass is 9.99. The Hall–Kier alpha value is -8.94. The van der Waals surface area contributed by atoms with E-state index in [0.29, 0.717) is 28.6 Å². The molecule has 0 aliphatic heterocycles. The molecule has 9 aromatic carbocycles. The quantitative estimate of drug-likeness (QED) is 0.172. The lowest BCUT2D eigenvalue weighted by Crippen LogP contribution is -2.01. The van der Waals surface area contributed by atoms with Crippen LogP contribution in [0.4, 0.5) is 0 Å². The van der Waals surface area contributed by atoms with E-state index in [0.717, 1.165) is 71.7 Å². The third kappa shape index (κ3) is 5.55. The van der Waals surface area contributed by atoms with Gasteiger partial charge in [-0.15, -0.1) is 0 Å². The summed E-state index contributed by atoms with van der Waals surface area (Å²) in [6, 6.07) is 66.1. The summed E-state index contributed by atoms with van der Waals surface area (Å²) in [6.07, 6.45) is 3.53. The number of aromatic nitrogens is 5. The minimum Gasteiger partial charge on any atom is -0.456 e. The molecular weight excluding hydrogens is 799 g/mol. The van der Waals surface area contributed by atoms with Crippen molar-refractivity contribution in [3.8, 4) is 51.0 Å². The second-order valence-corrected chi connectivity index (χ2v) is 16.6. The number of rotatable bonds is 5. The summed E-state index contributed by atoms with van der Waals surface area (Å²) in [4.78, 5) is 19.8. The van der Waals surface area contributed by atoms with Gasteiger partial charge in [0, 0.05) is 55.3 Å². The van der Waals surface area contributed by atoms with E-state index < -0.39 is 0 Å². The SMILES string of the molecule is c1ccc2cc(-c3ccc4c5c6ccccc6ccc5n(-c5ccc(-c6nc(-c7ccc8c(c7)oc7ccccc78)nc(-c7cccc8c7oc7cnccc78)n6)cc5)c4c3)ccc2c1. The molecule has 5 heterocycles. The monoisotopic (exact) mass is 831 g/mol. The van der Waals surface area contributed by atoms with E-state index in [-0.39, 0.29) is 0 Å². The molecule has 0 saturated heterocycles. The summed E-state index contributed by atoms with van der Waals surface area (Å²) in [7, 11) is 0. The van der Waals surface area contributed by atoms with Crippen LogP contribution in [-0.4, -0.2) is 24.5 Å². The Labute approximate surface area is 370 Å². The smallest absolute Gasteiger partial charge is 0.167 e. The summed E-state index contributed by atoms with van der Waals surface area (Å²) in [6.45, 7) is 0. The maximum atomic E-state index is 6.45. The van der Waals surface area contributed by atoms with Crippen molar-refractivity contribution in [3.05, 3.63) is 200 Å². The van der Waals surface area contributed by atoms with Gasteiger partial charge in [0.05, 0.1) is 22.8 Å². The zero-order valence-corrected chi connectivity index (χ0v) is 34.6. The minimum atomic E-state index is 0.506. The number of hydrogen-bond donors (Lipinski definition) is 0. The van der Waals surface area contributed by atoms with Crippen LogP contribution >= 0.6 is 0 Å². The molecule has 5 aromatic heterocycles. The lowest BCUT2D eigenvalue weighted by molar-refractivity contribution is 0.667. The van der Waals surface area contributed by atoms with Crippen molar-refractivity contribution in [1.29, 1.82) is 0 Å². The third-order valence-electron chi connectivity index (χ3n) is 12.9. The van der Waals surface area contributed by atoms with E-state index in [1.165, 1.54) is 37.9 Å². The van der Waals surface area contributed by atoms with Crippen molar-refractivity contribution in [1.82, 2.24) is 24.5 Å². The zero-order valence-electron chi connectivity index (χ0n) is 34.6. The van der Waals surface area contributed by atoms with Crippen LogP contribution in [0.25, 0.3) is 138 Å². The Morgan fingerprint density at radius 1 is 0.369 bits per heavy atom. The van der Waals surface area contributed by atoms with Gasteiger partial charge < -0.3 is 13.4 Å². The molecule has 0 saturated carbocycles. The van der Waals surface area contributed by atoms with Crippen LogP contribution in [0.1, 0.15) is 0 Å². The van der Waals surface area contributed by atoms with E-state index >= 15 is 0 Å². The van der Waals surface area contributed by atoms with Crippen LogP contribution in [0.5, 0.6) is 0 Å². The largest absolute Gasteiger partial charge is 0.456 e. The first-order valence-electron chi connectivity index (χ1n) is 21.7. The molecule has 0 N–H and O–H groups in total. The van der Waals surface area contributed by atoms with E-state index in [1.807, 2.05) is 42.5 Å². The number of hydrogen-bond acceptors (Lipinski definition) is 6. The molecule has 0 amide bonds. The zero-order chi connectivity index (χ0) is 42.6. The summed E-state index contributed by atoms with van der Waals surface area (Å²) in [5.74, 6) is 1.58. The van der Waals surface area contributed by atoms with Gasteiger partial charge >= 0.3 is 0 Å². The molecule has 65 heavy (non-hydrogen) atoms. The van der Waals surface area contributed by atoms with Crippen LogP contribution < -0.4 is 0 Å². The van der Waals surface area contributed by atoms with Gasteiger partial charge in [-0.1, -0.05) is 115 Å². The molecular formula is C58H33N5O2. The van der Waals surface area contributed by atoms with E-state index in [9.17, 15) is 0 Å². The summed E-state index contributed by atoms with van der Waals surface area (Å²) in [5.41, 5.74) is 11.1. The maximum absolute atomic E-state index is 6.45. The second-order valence-electron chi connectivity index (χ2n) is 16.6. The van der Waals surface area contributed by atoms with Crippen LogP contribution in [0.2, 0.25) is 0 Å². The van der Waals surface area contributed by atoms with E-state index in [4.69, 9.17) is 23.8 Å². The van der Waals surface area contributed by atoms with Gasteiger partial charge in [-0.2, -0.15) is 0 Å². The van der Waals surface area contributed by atoms with Gasteiger partial charge in [0.1, 0.15) is 16.7 Å². The standard InChI is InChI=1S/C58H33N5O2/c1-2-10-37-30-38(17-16-34(37)8-1)39-20-26-47-50(31-39)63(49-27-22-35-9-3-4-11-42(35)54(47)49)41-23-18-36(19-24-41)56-60-57(40-21-25-44-43-12-5-6-15-51(43)64-52(44)32-40)62-58(61-56)48-14-7-13-46-45-28-29-59-33-53(45)65-55(46)48/h1-33H. The topological polar surface area (TPSA) is 82.8 Å². The molecule has 0 radical (unpaired) electrons. The first kappa shape index (κ1) is 35.6. The highest BCUT2D eigenvalue weighted by Gasteiger charge is 2.20. The summed E-state index contributed by atoms with van der Waals surface area (Å²) in [5, 5.41) is 11.4. The van der Waals surface area contributed by atoms with Gasteiger partial charge in [0.25, 0.3) is 0 Å². The number of benzene rings is 9. The molecule has 0 fully saturated rings. The fourth-order valence-electron chi connectivity index (χ4n) is 9.82. The average Bonchev–Trinajstić information content (AvgIpc) is 4.05. The van der Waals surface area contributed by atoms with Gasteiger partial charge in [0.15, 0.2) is 23.1 Å². The first-order valence-corrected chi connectivity index (χ1v) is 21.7. The second kappa shape index (κ2) is 13.8. The molecule has 0 aliphatic carbocycles. The molecule has 14 rings (SSSR count). The number of furan rings is 2. The van der Waals surface area contributed by atoms with Gasteiger partial charge in [0.2, 0.25) is 0 Å². The fourth-order valence-corrected chi connectivity index (χ4v) is 9.82. The number of pyridine rings is 1. The van der Waals surface area contributed by atoms with Gasteiger partial charge in [-0.25, -0.2) is 15.0 Å². The predicted octanol–water partition coefficient (Wildman–Crippen LogP) is 15.1. The Morgan fingerprint density at radius 3 is 1.94 bits per heavy atom. The predicted molar refractivity (Wildman–Crippen MR) is 263 cm³/mol. The van der Waals surface area contributed by atoms with Gasteiger partial charge in [-0.05, 0) is 105 Å². The van der Waals surface area contributed by atoms with Crippen molar-refractivity contribution in [3.63, 3.8) is 0 Å². The number of nitrogens with zero attached hydrogens (tertiary/aromatic N) is 5. The maximum Gasteiger partial charge on any atom is 0.167 e. The van der Waals surface area contributed by atoms with Crippen LogP contribution in [0, 0.1) is 0 Å². The van der Waals surface area contributed by atoms with Crippen molar-refractivity contribution < 1.29 is 8.83 Å². The fraction of sp³-hybridized carbons (Fsp3) is 0. The Balaban J connectivity index is 0.948. The molecule has 7 heteroatoms. The number of fused-ring (bicyclic) bond motifs is 12. The molecule has 0 bridgehead atoms. The molecule has 0 atom stereocenters. The first-order chi connectivity index (χ1) is 32.2. The average molecular weight is 832 g/mol. The molecule has 0 unspecified atom stereocenters. The summed E-state index contributed by atoms with van der Waals surface area (Å²) >= 11 is 0. The highest BCUT2D eigenvalue weighted by Crippen LogP contribution is 2.41. The molecule has 0 spiro atoms. The van der Waals surface area contributed by atoms with Crippen LogP contribution in [0.15, 0.2) is 209 Å². The van der Waals surface area contributed by atoms with E-state index in [2.05, 4.69) is 155 Å². The van der Waals surface area contributed by atoms with Crippen LogP contribution in [0.3, 0.4) is 0 Å². The highest BCUT2D eigenvalue weighted by atomic mass is 16.3. The van der Waals surface area contributed by atoms with Crippen LogP contribution in [-0.2, 0) is 0 Å². The minimum absolute atomic E-state index is 0.506. The van der Waals surface area contributed by atoms with Crippen molar-refractivity contribution in [2.24, 2.45) is 0 Å². The van der Waals surface area contributed by atoms with E-state index in [1.54, 1.807) is 12.4 Å². The van der Waals surface area contributed by atoms with Crippen molar-refractivity contribution >= 4 is 87.2 Å². The third-order valence-corrected chi connectivity index (χ3v) is 12.9. The summed E-state index contributed by atoms with van der Waals surface area (Å²) < 4.78 is 15.2. The molecule has 7 nitrogen and oxygen atoms in total. The van der Waals surface area contributed by atoms with Crippen molar-refractivity contribution in [2.45, 2.75) is 0 Å². The Kier molecular flexibility index (Phi) is 7.55. The van der Waals surface area contributed by atoms with Crippen molar-refractivity contribution in [2.75, 3.05) is 0 Å². The normalized spacial score (nSPS) is 12.0. The Morgan fingerprint density at radius 2 is 1.03 bits per heavy atom. The molecule has 0 aliphatic rings. The van der Waals surface area contributed by atoms with Gasteiger partial charge in [-0.3, -0.25) is 4.98 Å². The highest BCUT2D eigenvalue weighted by molar-refractivity contribution is 6.22. The number of para-hydroxylation sites is 2.